The van der Waals surface area contributed by atoms with Gasteiger partial charge in [0.2, 0.25) is 0 Å². The summed E-state index contributed by atoms with van der Waals surface area (Å²) < 4.78 is 0. The van der Waals surface area contributed by atoms with Crippen LogP contribution < -0.4 is 0 Å². The number of fused-ring (bicyclic) bond motifs is 1. The van der Waals surface area contributed by atoms with Gasteiger partial charge in [-0.2, -0.15) is 0 Å². The van der Waals surface area contributed by atoms with Crippen molar-refractivity contribution in [1.29, 1.82) is 0 Å². The molecule has 0 saturated heterocycles. The average Bonchev–Trinajstić information content (AvgIpc) is 2.64. The van der Waals surface area contributed by atoms with E-state index in [9.17, 15) is 0 Å². The summed E-state index contributed by atoms with van der Waals surface area (Å²) in [6.45, 7) is 28.1. The second-order valence-electron chi connectivity index (χ2n) is 10.4. The highest BCUT2D eigenvalue weighted by molar-refractivity contribution is 5.29. The van der Waals surface area contributed by atoms with Gasteiger partial charge < -0.3 is 0 Å². The van der Waals surface area contributed by atoms with Crippen LogP contribution in [0.3, 0.4) is 0 Å². The van der Waals surface area contributed by atoms with Gasteiger partial charge in [-0.25, -0.2) is 0 Å². The Labute approximate surface area is 147 Å². The number of rotatable bonds is 5. The molecular formula is C23H44. The van der Waals surface area contributed by atoms with Gasteiger partial charge in [-0.15, -0.1) is 0 Å². The minimum Gasteiger partial charge on any atom is -0.0651 e. The Morgan fingerprint density at radius 3 is 1.78 bits per heavy atom. The Hall–Kier alpha value is 0. The summed E-state index contributed by atoms with van der Waals surface area (Å²) in [6, 6.07) is 0. The van der Waals surface area contributed by atoms with E-state index in [4.69, 9.17) is 0 Å². The second kappa shape index (κ2) is 5.50. The predicted octanol–water partition coefficient (Wildman–Crippen LogP) is 7.43. The van der Waals surface area contributed by atoms with Gasteiger partial charge in [0.25, 0.3) is 0 Å². The topological polar surface area (TPSA) is 0 Å². The maximum Gasteiger partial charge on any atom is -0.0174 e. The maximum atomic E-state index is 2.69. The zero-order valence-corrected chi connectivity index (χ0v) is 18.0. The molecule has 0 radical (unpaired) electrons. The standard InChI is InChI=1S/C23H44/c1-12-15(4)18(13-2)22(10)21(9,14-3)19-16(5)17(6)20(7,8)23(19,22)11/h15-19H,12-14H2,1-11H3. The van der Waals surface area contributed by atoms with Crippen LogP contribution in [-0.2, 0) is 0 Å². The molecule has 0 heterocycles. The van der Waals surface area contributed by atoms with E-state index < -0.39 is 0 Å². The molecule has 23 heavy (non-hydrogen) atoms. The molecule has 0 aliphatic heterocycles. The van der Waals surface area contributed by atoms with Crippen LogP contribution in [0.25, 0.3) is 0 Å². The zero-order valence-electron chi connectivity index (χ0n) is 18.0. The van der Waals surface area contributed by atoms with Gasteiger partial charge >= 0.3 is 0 Å². The molecule has 0 aromatic heterocycles. The van der Waals surface area contributed by atoms with E-state index in [2.05, 4.69) is 76.2 Å². The van der Waals surface area contributed by atoms with Crippen molar-refractivity contribution in [2.24, 2.45) is 51.2 Å². The van der Waals surface area contributed by atoms with E-state index in [1.165, 1.54) is 19.3 Å². The Morgan fingerprint density at radius 1 is 0.870 bits per heavy atom. The summed E-state index contributed by atoms with van der Waals surface area (Å²) in [7, 11) is 0. The highest BCUT2D eigenvalue weighted by Gasteiger charge is 2.82. The second-order valence-corrected chi connectivity index (χ2v) is 10.4. The van der Waals surface area contributed by atoms with E-state index in [1.807, 2.05) is 0 Å². The molecule has 0 aromatic rings. The number of hydrogen-bond acceptors (Lipinski definition) is 0. The molecule has 2 rings (SSSR count). The van der Waals surface area contributed by atoms with Gasteiger partial charge in [-0.3, -0.25) is 0 Å². The highest BCUT2D eigenvalue weighted by atomic mass is 14.9. The quantitative estimate of drug-likeness (QED) is 0.494. The lowest BCUT2D eigenvalue weighted by atomic mass is 9.25. The molecule has 8 unspecified atom stereocenters. The molecule has 0 heteroatoms. The van der Waals surface area contributed by atoms with Crippen LogP contribution in [0, 0.1) is 51.2 Å². The van der Waals surface area contributed by atoms with Gasteiger partial charge in [0.15, 0.2) is 0 Å². The Bertz CT molecular complexity index is 449. The largest absolute Gasteiger partial charge is 0.0651 e. The third-order valence-corrected chi connectivity index (χ3v) is 10.6. The summed E-state index contributed by atoms with van der Waals surface area (Å²) >= 11 is 0. The fourth-order valence-electron chi connectivity index (χ4n) is 8.45. The monoisotopic (exact) mass is 320 g/mol. The van der Waals surface area contributed by atoms with E-state index in [-0.39, 0.29) is 0 Å². The fraction of sp³-hybridized carbons (Fsp3) is 1.00. The molecule has 136 valence electrons. The summed E-state index contributed by atoms with van der Waals surface area (Å²) in [5.74, 6) is 4.22. The van der Waals surface area contributed by atoms with Crippen LogP contribution in [0.15, 0.2) is 0 Å². The molecule has 0 aromatic carbocycles. The predicted molar refractivity (Wildman–Crippen MR) is 103 cm³/mol. The number of hydrogen-bond donors (Lipinski definition) is 0. The molecule has 0 nitrogen and oxygen atoms in total. The van der Waals surface area contributed by atoms with Gasteiger partial charge in [0.05, 0.1) is 0 Å². The molecule has 0 amide bonds. The van der Waals surface area contributed by atoms with Crippen LogP contribution in [0.2, 0.25) is 0 Å². The molecule has 8 atom stereocenters. The zero-order chi connectivity index (χ0) is 18.0. The van der Waals surface area contributed by atoms with Crippen molar-refractivity contribution < 1.29 is 0 Å². The van der Waals surface area contributed by atoms with Crippen molar-refractivity contribution in [2.75, 3.05) is 0 Å². The molecule has 0 spiro atoms. The van der Waals surface area contributed by atoms with E-state index in [1.54, 1.807) is 0 Å². The minimum absolute atomic E-state index is 0.432. The normalized spacial score (nSPS) is 51.0. The Morgan fingerprint density at radius 2 is 1.39 bits per heavy atom. The molecule has 0 N–H and O–H groups in total. The van der Waals surface area contributed by atoms with Crippen LogP contribution >= 0.6 is 0 Å². The first-order valence-corrected chi connectivity index (χ1v) is 10.4. The summed E-state index contributed by atoms with van der Waals surface area (Å²) in [4.78, 5) is 0. The van der Waals surface area contributed by atoms with Gasteiger partial charge in [-0.1, -0.05) is 89.0 Å². The lowest BCUT2D eigenvalue weighted by Gasteiger charge is -2.78. The van der Waals surface area contributed by atoms with Crippen molar-refractivity contribution in [1.82, 2.24) is 0 Å². The summed E-state index contributed by atoms with van der Waals surface area (Å²) in [6.07, 6.45) is 3.99. The SMILES string of the molecule is CCC(C)C(CC)C1(C)C(C)(CC)C2C(C)C(C)C(C)(C)C21C. The third-order valence-electron chi connectivity index (χ3n) is 10.6. The first-order chi connectivity index (χ1) is 10.4. The van der Waals surface area contributed by atoms with Gasteiger partial charge in [-0.05, 0) is 57.7 Å². The van der Waals surface area contributed by atoms with Gasteiger partial charge in [0.1, 0.15) is 0 Å². The summed E-state index contributed by atoms with van der Waals surface area (Å²) in [5, 5.41) is 0. The highest BCUT2D eigenvalue weighted by Crippen LogP contribution is 2.87. The maximum absolute atomic E-state index is 2.69. The van der Waals surface area contributed by atoms with Gasteiger partial charge in [0, 0.05) is 0 Å². The molecule has 2 aliphatic carbocycles. The van der Waals surface area contributed by atoms with E-state index in [0.717, 1.165) is 29.6 Å². The Kier molecular flexibility index (Phi) is 4.62. The molecule has 2 aliphatic rings. The van der Waals surface area contributed by atoms with Crippen molar-refractivity contribution in [3.8, 4) is 0 Å². The first-order valence-electron chi connectivity index (χ1n) is 10.4. The fourth-order valence-corrected chi connectivity index (χ4v) is 8.45. The van der Waals surface area contributed by atoms with Crippen LogP contribution in [-0.4, -0.2) is 0 Å². The first kappa shape index (κ1) is 19.3. The Balaban J connectivity index is 2.66. The molecule has 2 fully saturated rings. The minimum atomic E-state index is 0.432. The molecule has 0 bridgehead atoms. The molecule has 2 saturated carbocycles. The smallest absolute Gasteiger partial charge is 0.0174 e. The summed E-state index contributed by atoms with van der Waals surface area (Å²) in [5.41, 5.74) is 1.84. The van der Waals surface area contributed by atoms with E-state index >= 15 is 0 Å². The lowest BCUT2D eigenvalue weighted by molar-refractivity contribution is -0.314. The van der Waals surface area contributed by atoms with Crippen molar-refractivity contribution in [2.45, 2.75) is 95.4 Å². The van der Waals surface area contributed by atoms with Crippen LogP contribution in [0.5, 0.6) is 0 Å². The van der Waals surface area contributed by atoms with Crippen LogP contribution in [0.4, 0.5) is 0 Å². The van der Waals surface area contributed by atoms with Crippen LogP contribution in [0.1, 0.15) is 95.4 Å². The average molecular weight is 321 g/mol. The van der Waals surface area contributed by atoms with Crippen molar-refractivity contribution in [3.05, 3.63) is 0 Å². The lowest BCUT2D eigenvalue weighted by Crippen LogP contribution is -2.74. The van der Waals surface area contributed by atoms with Crippen molar-refractivity contribution in [3.63, 3.8) is 0 Å². The third kappa shape index (κ3) is 1.80. The molecular weight excluding hydrogens is 276 g/mol. The van der Waals surface area contributed by atoms with E-state index in [0.29, 0.717) is 21.7 Å². The van der Waals surface area contributed by atoms with Crippen molar-refractivity contribution >= 4 is 0 Å².